The predicted octanol–water partition coefficient (Wildman–Crippen LogP) is -3.19. The number of fused-ring (bicyclic) bond motifs is 21. The Morgan fingerprint density at radius 1 is 0.600 bits per heavy atom. The minimum Gasteiger partial charge on any atom is -0.494 e. The summed E-state index contributed by atoms with van der Waals surface area (Å²) in [5.74, 6) is 0.0438. The summed E-state index contributed by atoms with van der Waals surface area (Å²) in [6.07, 6.45) is 0.747. The fourth-order valence-corrected chi connectivity index (χ4v) is 6.84. The van der Waals surface area contributed by atoms with Crippen LogP contribution >= 0.6 is 0 Å². The number of carbonyl (C=O) groups excluding carboxylic acids is 5. The van der Waals surface area contributed by atoms with Gasteiger partial charge in [-0.1, -0.05) is 0 Å². The molecular weight excluding hydrogens is 702 g/mol. The van der Waals surface area contributed by atoms with E-state index in [0.717, 1.165) is 13.0 Å². The second-order valence-electron chi connectivity index (χ2n) is 14.4. The first-order valence-electron chi connectivity index (χ1n) is 19.7. The van der Waals surface area contributed by atoms with Crippen LogP contribution in [0.1, 0.15) is 16.8 Å². The maximum atomic E-state index is 12.8. The van der Waals surface area contributed by atoms with Crippen LogP contribution < -0.4 is 4.74 Å². The molecule has 4 amide bonds. The first-order valence-corrected chi connectivity index (χ1v) is 19.7. The lowest BCUT2D eigenvalue weighted by Gasteiger charge is -2.36. The van der Waals surface area contributed by atoms with Gasteiger partial charge in [-0.25, -0.2) is 4.79 Å². The summed E-state index contributed by atoms with van der Waals surface area (Å²) < 4.78 is 10.8. The molecule has 0 unspecified atom stereocenters. The average molecular weight is 764 g/mol. The van der Waals surface area contributed by atoms with Gasteiger partial charge < -0.3 is 43.8 Å². The molecule has 300 valence electrons. The van der Waals surface area contributed by atoms with Gasteiger partial charge in [0.1, 0.15) is 5.75 Å². The zero-order valence-corrected chi connectivity index (χ0v) is 34.1. The molecule has 1 N–H and O–H groups in total. The maximum Gasteiger partial charge on any atom is 0.376 e. The zero-order chi connectivity index (χ0) is 40.3. The van der Waals surface area contributed by atoms with Gasteiger partial charge in [0, 0.05) is 124 Å². The monoisotopic (exact) mass is 765 g/mol. The van der Waals surface area contributed by atoms with Gasteiger partial charge in [-0.2, -0.15) is 0 Å². The van der Waals surface area contributed by atoms with Gasteiger partial charge in [0.2, 0.25) is 31.4 Å². The molecule has 1 aromatic carbocycles. The van der Waals surface area contributed by atoms with Gasteiger partial charge in [-0.15, -0.1) is 0 Å². The Morgan fingerprint density at radius 3 is 1.36 bits per heavy atom. The SMILES string of the molecule is BC(=O)N1CCN2CCN(CCCOc3ccc(C(=O)OC)cc3)CCN(B(C)O)CCN(CCN(C(B)=O)CC1)CCN(C(B)=O)CCN(C(B)=O)CC2. The van der Waals surface area contributed by atoms with Gasteiger partial charge in [0.15, 0.2) is 23.2 Å². The first-order chi connectivity index (χ1) is 26.3. The highest BCUT2D eigenvalue weighted by molar-refractivity contribution is 6.58. The Balaban J connectivity index is 1.89. The van der Waals surface area contributed by atoms with E-state index in [9.17, 15) is 29.0 Å². The van der Waals surface area contributed by atoms with Crippen molar-refractivity contribution in [3.8, 4) is 5.75 Å². The number of rotatable bonds is 7. The van der Waals surface area contributed by atoms with Crippen LogP contribution in [0.5, 0.6) is 5.75 Å². The highest BCUT2D eigenvalue weighted by atomic mass is 16.5. The standard InChI is InChI=1S/C34H61B5N8O8/c1-39(53)47-25-15-40(8-3-27-55-29-6-4-28(5-7-29)30(48)54-2)9-10-41-11-17-43(31(35)49)21-23-45(33(37)51)19-13-42(16-26-47)14-20-46(34(38)52)24-22-44(18-12-41)32(36)50/h4-7,53H,3,8-27,35-38H2,1-2H3. The summed E-state index contributed by atoms with van der Waals surface area (Å²) in [4.78, 5) is 79.1. The summed E-state index contributed by atoms with van der Waals surface area (Å²) >= 11 is 0. The largest absolute Gasteiger partial charge is 0.494 e. The number of methoxy groups -OCH3 is 1. The van der Waals surface area contributed by atoms with Crippen LogP contribution in [-0.2, 0) is 4.74 Å². The van der Waals surface area contributed by atoms with Crippen LogP contribution in [0, 0.1) is 0 Å². The molecule has 3 saturated heterocycles. The number of amides is 4. The van der Waals surface area contributed by atoms with Crippen molar-refractivity contribution in [2.75, 3.05) is 138 Å². The highest BCUT2D eigenvalue weighted by Crippen LogP contribution is 2.13. The smallest absolute Gasteiger partial charge is 0.376 e. The third-order valence-corrected chi connectivity index (χ3v) is 10.6. The van der Waals surface area contributed by atoms with Crippen molar-refractivity contribution < 1.29 is 38.5 Å². The Bertz CT molecular complexity index is 1340. The molecule has 16 nitrogen and oxygen atoms in total. The molecule has 3 heterocycles. The number of ether oxygens (including phenoxy) is 2. The minimum absolute atomic E-state index is 0.0525. The summed E-state index contributed by atoms with van der Waals surface area (Å²) in [7, 11) is 6.90. The van der Waals surface area contributed by atoms with Crippen LogP contribution in [0.4, 0.5) is 19.2 Å². The van der Waals surface area contributed by atoms with E-state index in [-0.39, 0.29) is 23.2 Å². The van der Waals surface area contributed by atoms with Gasteiger partial charge in [0.25, 0.3) is 0 Å². The predicted molar refractivity (Wildman–Crippen MR) is 225 cm³/mol. The summed E-state index contributed by atoms with van der Waals surface area (Å²) in [6.45, 7) is 12.7. The number of esters is 1. The van der Waals surface area contributed by atoms with Crippen molar-refractivity contribution >= 4 is 67.6 Å². The van der Waals surface area contributed by atoms with Crippen molar-refractivity contribution in [1.82, 2.24) is 39.1 Å². The molecule has 3 fully saturated rings. The molecule has 1 aromatic rings. The molecule has 21 heteroatoms. The van der Waals surface area contributed by atoms with E-state index in [4.69, 9.17) is 9.47 Å². The summed E-state index contributed by atoms with van der Waals surface area (Å²) in [5, 5.41) is 10.9. The van der Waals surface area contributed by atoms with Crippen LogP contribution in [0.25, 0.3) is 0 Å². The maximum absolute atomic E-state index is 12.8. The zero-order valence-electron chi connectivity index (χ0n) is 34.1. The Hall–Kier alpha value is -3.51. The van der Waals surface area contributed by atoms with E-state index < -0.39 is 13.0 Å². The van der Waals surface area contributed by atoms with Crippen molar-refractivity contribution in [3.05, 3.63) is 29.8 Å². The molecule has 0 spiro atoms. The van der Waals surface area contributed by atoms with E-state index in [2.05, 4.69) is 19.5 Å². The van der Waals surface area contributed by atoms with Crippen LogP contribution in [0.2, 0.25) is 6.82 Å². The van der Waals surface area contributed by atoms with Crippen LogP contribution in [0.15, 0.2) is 24.3 Å². The third kappa shape index (κ3) is 16.6. The molecule has 2 bridgehead atoms. The van der Waals surface area contributed by atoms with E-state index >= 15 is 0 Å². The van der Waals surface area contributed by atoms with Crippen LogP contribution in [0.3, 0.4) is 0 Å². The Kier molecular flexibility index (Phi) is 20.2. The molecule has 4 rings (SSSR count). The molecule has 3 aliphatic rings. The normalized spacial score (nSPS) is 21.0. The van der Waals surface area contributed by atoms with Gasteiger partial charge in [-0.3, -0.25) is 29.0 Å². The lowest BCUT2D eigenvalue weighted by molar-refractivity contribution is 0.0600. The number of hydrogen-bond acceptors (Lipinski definition) is 12. The number of carbonyl (C=O) groups is 5. The topological polar surface area (TPSA) is 150 Å². The van der Waals surface area contributed by atoms with Crippen molar-refractivity contribution in [3.63, 3.8) is 0 Å². The average Bonchev–Trinajstić information content (AvgIpc) is 3.14. The fourth-order valence-electron chi connectivity index (χ4n) is 6.84. The Morgan fingerprint density at radius 2 is 0.964 bits per heavy atom. The van der Waals surface area contributed by atoms with Gasteiger partial charge >= 0.3 is 13.0 Å². The molecule has 0 aromatic heterocycles. The van der Waals surface area contributed by atoms with Crippen LogP contribution in [-0.4, -0.2) is 250 Å². The summed E-state index contributed by atoms with van der Waals surface area (Å²) in [5.41, 5.74) is 0.458. The van der Waals surface area contributed by atoms with Crippen molar-refractivity contribution in [2.45, 2.75) is 13.2 Å². The lowest BCUT2D eigenvalue weighted by atomic mass is 9.85. The lowest BCUT2D eigenvalue weighted by Crippen LogP contribution is -2.52. The summed E-state index contributed by atoms with van der Waals surface area (Å²) in [6, 6.07) is 6.87. The Labute approximate surface area is 331 Å². The highest BCUT2D eigenvalue weighted by Gasteiger charge is 2.23. The second-order valence-corrected chi connectivity index (χ2v) is 14.4. The molecular formula is C34H61B5N8O8. The molecule has 55 heavy (non-hydrogen) atoms. The van der Waals surface area contributed by atoms with E-state index in [1.54, 1.807) is 82.1 Å². The molecule has 3 aliphatic heterocycles. The molecule has 0 aliphatic carbocycles. The number of nitrogens with zero attached hydrogens (tertiary/aromatic N) is 8. The third-order valence-electron chi connectivity index (χ3n) is 10.6. The fraction of sp³-hybridized carbons (Fsp3) is 0.676. The minimum atomic E-state index is -0.676. The quantitative estimate of drug-likeness (QED) is 0.170. The second kappa shape index (κ2) is 24.2. The van der Waals surface area contributed by atoms with E-state index in [0.29, 0.717) is 136 Å². The number of hydrogen-bond donors (Lipinski definition) is 1. The van der Waals surface area contributed by atoms with E-state index in [1.807, 2.05) is 0 Å². The van der Waals surface area contributed by atoms with Gasteiger partial charge in [0.05, 0.1) is 19.3 Å². The molecule has 0 saturated carbocycles. The van der Waals surface area contributed by atoms with Gasteiger partial charge in [-0.05, 0) is 37.5 Å². The van der Waals surface area contributed by atoms with E-state index in [1.165, 1.54) is 7.11 Å². The van der Waals surface area contributed by atoms with Crippen molar-refractivity contribution in [1.29, 1.82) is 0 Å². The first kappa shape index (κ1) is 45.9. The molecule has 0 atom stereocenters. The number of benzene rings is 1. The van der Waals surface area contributed by atoms with Crippen molar-refractivity contribution in [2.24, 2.45) is 0 Å². The molecule has 0 radical (unpaired) electrons.